The molecule has 0 atom stereocenters. The summed E-state index contributed by atoms with van der Waals surface area (Å²) in [5, 5.41) is 23.7. The summed E-state index contributed by atoms with van der Waals surface area (Å²) in [6.45, 7) is 0.226. The molecule has 2 aromatic carbocycles. The summed E-state index contributed by atoms with van der Waals surface area (Å²) in [5.41, 5.74) is 1.49. The molecule has 0 amide bonds. The lowest BCUT2D eigenvalue weighted by Gasteiger charge is -2.07. The number of methoxy groups -OCH3 is 1. The highest BCUT2D eigenvalue weighted by Crippen LogP contribution is 2.37. The number of hydrogen-bond donors (Lipinski definition) is 2. The molecule has 0 aliphatic heterocycles. The number of benzene rings is 2. The van der Waals surface area contributed by atoms with Gasteiger partial charge in [-0.25, -0.2) is 0 Å². The highest BCUT2D eigenvalue weighted by molar-refractivity contribution is 5.74. The summed E-state index contributed by atoms with van der Waals surface area (Å²) >= 11 is 0. The number of nitro benzene ring substituents is 1. The van der Waals surface area contributed by atoms with E-state index in [1.165, 1.54) is 19.2 Å². The van der Waals surface area contributed by atoms with Gasteiger partial charge in [-0.1, -0.05) is 12.1 Å². The van der Waals surface area contributed by atoms with Gasteiger partial charge in [0.15, 0.2) is 11.3 Å². The quantitative estimate of drug-likeness (QED) is 0.549. The first-order valence-electron chi connectivity index (χ1n) is 6.72. The number of aromatic nitrogens is 1. The fraction of sp³-hybridized carbons (Fsp3) is 0.133. The molecule has 0 aliphatic carbocycles. The standard InChI is InChI=1S/C15H13N3O5/c1-22-13-7-9(6-11(14(13)19)18(20)21)8-16-15-17-10-4-2-3-5-12(10)23-15/h2-7,19H,8H2,1H3,(H,16,17). The number of aromatic hydroxyl groups is 1. The van der Waals surface area contributed by atoms with Crippen LogP contribution in [-0.2, 0) is 6.54 Å². The van der Waals surface area contributed by atoms with Crippen molar-refractivity contribution in [2.75, 3.05) is 12.4 Å². The molecule has 0 spiro atoms. The zero-order chi connectivity index (χ0) is 16.4. The van der Waals surface area contributed by atoms with Gasteiger partial charge in [-0.05, 0) is 23.8 Å². The van der Waals surface area contributed by atoms with Crippen LogP contribution in [-0.4, -0.2) is 22.1 Å². The van der Waals surface area contributed by atoms with Crippen LogP contribution in [0.1, 0.15) is 5.56 Å². The van der Waals surface area contributed by atoms with Crippen molar-refractivity contribution < 1.29 is 19.2 Å². The van der Waals surface area contributed by atoms with E-state index in [0.29, 0.717) is 22.7 Å². The second-order valence-electron chi connectivity index (χ2n) is 4.76. The van der Waals surface area contributed by atoms with Crippen LogP contribution in [0.15, 0.2) is 40.8 Å². The summed E-state index contributed by atoms with van der Waals surface area (Å²) in [5.74, 6) is -0.461. The Kier molecular flexibility index (Phi) is 3.71. The fourth-order valence-corrected chi connectivity index (χ4v) is 2.17. The Morgan fingerprint density at radius 2 is 2.17 bits per heavy atom. The van der Waals surface area contributed by atoms with Crippen LogP contribution < -0.4 is 10.1 Å². The maximum Gasteiger partial charge on any atom is 0.315 e. The predicted molar refractivity (Wildman–Crippen MR) is 82.6 cm³/mol. The summed E-state index contributed by atoms with van der Waals surface area (Å²) < 4.78 is 10.5. The van der Waals surface area contributed by atoms with Crippen LogP contribution in [0.5, 0.6) is 11.5 Å². The van der Waals surface area contributed by atoms with E-state index in [-0.39, 0.29) is 12.3 Å². The highest BCUT2D eigenvalue weighted by Gasteiger charge is 2.20. The number of ether oxygens (including phenoxy) is 1. The molecule has 23 heavy (non-hydrogen) atoms. The van der Waals surface area contributed by atoms with E-state index in [2.05, 4.69) is 10.3 Å². The van der Waals surface area contributed by atoms with Gasteiger partial charge in [-0.15, -0.1) is 0 Å². The molecule has 118 valence electrons. The van der Waals surface area contributed by atoms with Crippen molar-refractivity contribution in [3.63, 3.8) is 0 Å². The second kappa shape index (κ2) is 5.84. The molecule has 1 aromatic heterocycles. The Bertz CT molecular complexity index is 842. The Hall–Kier alpha value is -3.29. The van der Waals surface area contributed by atoms with Crippen molar-refractivity contribution in [2.45, 2.75) is 6.54 Å². The van der Waals surface area contributed by atoms with Gasteiger partial charge in [0, 0.05) is 12.6 Å². The Balaban J connectivity index is 1.84. The highest BCUT2D eigenvalue weighted by atomic mass is 16.6. The third-order valence-corrected chi connectivity index (χ3v) is 3.27. The van der Waals surface area contributed by atoms with Crippen LogP contribution >= 0.6 is 0 Å². The van der Waals surface area contributed by atoms with Gasteiger partial charge in [0.1, 0.15) is 5.52 Å². The van der Waals surface area contributed by atoms with Crippen molar-refractivity contribution in [3.8, 4) is 11.5 Å². The zero-order valence-electron chi connectivity index (χ0n) is 12.1. The van der Waals surface area contributed by atoms with E-state index in [0.717, 1.165) is 0 Å². The lowest BCUT2D eigenvalue weighted by atomic mass is 10.1. The molecule has 8 nitrogen and oxygen atoms in total. The molecular weight excluding hydrogens is 302 g/mol. The summed E-state index contributed by atoms with van der Waals surface area (Å²) in [7, 11) is 1.33. The average molecular weight is 315 g/mol. The number of oxazole rings is 1. The molecule has 0 fully saturated rings. The number of rotatable bonds is 5. The summed E-state index contributed by atoms with van der Waals surface area (Å²) in [6.07, 6.45) is 0. The van der Waals surface area contributed by atoms with Gasteiger partial charge in [-0.2, -0.15) is 4.98 Å². The fourth-order valence-electron chi connectivity index (χ4n) is 2.17. The first-order chi connectivity index (χ1) is 11.1. The number of anilines is 1. The summed E-state index contributed by atoms with van der Waals surface area (Å²) in [4.78, 5) is 14.6. The molecule has 0 saturated heterocycles. The molecule has 8 heteroatoms. The third-order valence-electron chi connectivity index (χ3n) is 3.27. The second-order valence-corrected chi connectivity index (χ2v) is 4.76. The SMILES string of the molecule is COc1cc(CNc2nc3ccccc3o2)cc([N+](=O)[O-])c1O. The van der Waals surface area contributed by atoms with E-state index < -0.39 is 16.4 Å². The molecule has 1 heterocycles. The molecule has 0 saturated carbocycles. The number of nitrogens with zero attached hydrogens (tertiary/aromatic N) is 2. The number of para-hydroxylation sites is 2. The van der Waals surface area contributed by atoms with Crippen molar-refractivity contribution in [1.82, 2.24) is 4.98 Å². The van der Waals surface area contributed by atoms with Gasteiger partial charge in [-0.3, -0.25) is 10.1 Å². The zero-order valence-corrected chi connectivity index (χ0v) is 12.1. The molecule has 3 rings (SSSR count). The lowest BCUT2D eigenvalue weighted by Crippen LogP contribution is -2.01. The van der Waals surface area contributed by atoms with E-state index >= 15 is 0 Å². The van der Waals surface area contributed by atoms with E-state index in [1.54, 1.807) is 6.07 Å². The average Bonchev–Trinajstić information content (AvgIpc) is 2.96. The number of nitro groups is 1. The molecule has 0 bridgehead atoms. The lowest BCUT2D eigenvalue weighted by molar-refractivity contribution is -0.386. The van der Waals surface area contributed by atoms with Gasteiger partial charge < -0.3 is 19.6 Å². The number of phenolic OH excluding ortho intramolecular Hbond substituents is 1. The smallest absolute Gasteiger partial charge is 0.315 e. The number of phenols is 1. The molecule has 0 unspecified atom stereocenters. The topological polar surface area (TPSA) is 111 Å². The van der Waals surface area contributed by atoms with Gasteiger partial charge in [0.2, 0.25) is 5.75 Å². The van der Waals surface area contributed by atoms with Crippen molar-refractivity contribution in [3.05, 3.63) is 52.1 Å². The number of nitrogens with one attached hydrogen (secondary N) is 1. The molecule has 0 aliphatic rings. The van der Waals surface area contributed by atoms with Gasteiger partial charge in [0.05, 0.1) is 12.0 Å². The van der Waals surface area contributed by atoms with Crippen molar-refractivity contribution in [1.29, 1.82) is 0 Å². The molecule has 3 aromatic rings. The Morgan fingerprint density at radius 1 is 1.39 bits per heavy atom. The van der Waals surface area contributed by atoms with E-state index in [9.17, 15) is 15.2 Å². The van der Waals surface area contributed by atoms with Crippen LogP contribution in [0, 0.1) is 10.1 Å². The normalized spacial score (nSPS) is 10.7. The van der Waals surface area contributed by atoms with Crippen LogP contribution in [0.2, 0.25) is 0 Å². The van der Waals surface area contributed by atoms with E-state index in [4.69, 9.17) is 9.15 Å². The number of hydrogen-bond acceptors (Lipinski definition) is 7. The molecular formula is C15H13N3O5. The molecule has 0 radical (unpaired) electrons. The molecule has 2 N–H and O–H groups in total. The van der Waals surface area contributed by atoms with Gasteiger partial charge >= 0.3 is 5.69 Å². The Labute approximate surface area is 130 Å². The van der Waals surface area contributed by atoms with Gasteiger partial charge in [0.25, 0.3) is 6.01 Å². The Morgan fingerprint density at radius 3 is 2.87 bits per heavy atom. The largest absolute Gasteiger partial charge is 0.500 e. The summed E-state index contributed by atoms with van der Waals surface area (Å²) in [6, 6.07) is 10.4. The van der Waals surface area contributed by atoms with Crippen LogP contribution in [0.25, 0.3) is 11.1 Å². The van der Waals surface area contributed by atoms with Crippen molar-refractivity contribution >= 4 is 22.8 Å². The predicted octanol–water partition coefficient (Wildman–Crippen LogP) is 3.06. The van der Waals surface area contributed by atoms with Crippen LogP contribution in [0.4, 0.5) is 11.7 Å². The third kappa shape index (κ3) is 2.86. The maximum atomic E-state index is 11.0. The maximum absolute atomic E-state index is 11.0. The number of fused-ring (bicyclic) bond motifs is 1. The van der Waals surface area contributed by atoms with E-state index in [1.807, 2.05) is 18.2 Å². The minimum absolute atomic E-state index is 0.0357. The van der Waals surface area contributed by atoms with Crippen LogP contribution in [0.3, 0.4) is 0 Å². The first kappa shape index (κ1) is 14.6. The first-order valence-corrected chi connectivity index (χ1v) is 6.72. The monoisotopic (exact) mass is 315 g/mol. The minimum atomic E-state index is -0.666. The minimum Gasteiger partial charge on any atom is -0.500 e. The van der Waals surface area contributed by atoms with Crippen molar-refractivity contribution in [2.24, 2.45) is 0 Å².